The Morgan fingerprint density at radius 1 is 0.944 bits per heavy atom. The van der Waals surface area contributed by atoms with Gasteiger partial charge in [-0.2, -0.15) is 0 Å². The van der Waals surface area contributed by atoms with Gasteiger partial charge in [0.25, 0.3) is 0 Å². The maximum atomic E-state index is 10.3. The summed E-state index contributed by atoms with van der Waals surface area (Å²) in [5, 5.41) is 10.3. The molecule has 2 aromatic rings. The van der Waals surface area contributed by atoms with Crippen LogP contribution in [0.25, 0.3) is 0 Å². The molecule has 0 aliphatic carbocycles. The highest BCUT2D eigenvalue weighted by Gasteiger charge is 2.17. The lowest BCUT2D eigenvalue weighted by Crippen LogP contribution is -1.99. The van der Waals surface area contributed by atoms with Crippen LogP contribution in [0, 0.1) is 0 Å². The lowest BCUT2D eigenvalue weighted by Gasteiger charge is -2.12. The Kier molecular flexibility index (Phi) is 2.97. The van der Waals surface area contributed by atoms with Crippen molar-refractivity contribution >= 4 is 15.9 Å². The van der Waals surface area contributed by atoms with Crippen LogP contribution < -0.4 is 9.47 Å². The second kappa shape index (κ2) is 4.63. The number of rotatable bonds is 2. The summed E-state index contributed by atoms with van der Waals surface area (Å²) in [4.78, 5) is 0. The number of ether oxygens (including phenoxy) is 2. The van der Waals surface area contributed by atoms with E-state index in [9.17, 15) is 5.11 Å². The van der Waals surface area contributed by atoms with Gasteiger partial charge in [0.2, 0.25) is 6.79 Å². The molecule has 0 spiro atoms. The minimum atomic E-state index is -0.660. The molecule has 3 rings (SSSR count). The molecule has 0 fully saturated rings. The van der Waals surface area contributed by atoms with Crippen molar-refractivity contribution in [3.8, 4) is 11.5 Å². The van der Waals surface area contributed by atoms with Crippen molar-refractivity contribution in [2.45, 2.75) is 6.10 Å². The van der Waals surface area contributed by atoms with Crippen molar-refractivity contribution in [2.75, 3.05) is 6.79 Å². The summed E-state index contributed by atoms with van der Waals surface area (Å²) in [6.45, 7) is 0.243. The molecule has 1 heterocycles. The zero-order valence-electron chi connectivity index (χ0n) is 9.47. The topological polar surface area (TPSA) is 38.7 Å². The zero-order valence-corrected chi connectivity index (χ0v) is 11.1. The molecule has 92 valence electrons. The fraction of sp³-hybridized carbons (Fsp3) is 0.143. The number of fused-ring (bicyclic) bond motifs is 1. The molecule has 4 heteroatoms. The second-order valence-corrected chi connectivity index (χ2v) is 4.98. The van der Waals surface area contributed by atoms with Crippen LogP contribution in [0.3, 0.4) is 0 Å². The quantitative estimate of drug-likeness (QED) is 0.925. The summed E-state index contributed by atoms with van der Waals surface area (Å²) in [5.41, 5.74) is 1.64. The lowest BCUT2D eigenvalue weighted by atomic mass is 10.0. The van der Waals surface area contributed by atoms with Gasteiger partial charge in [-0.05, 0) is 35.4 Å². The molecule has 1 atom stereocenters. The third-order valence-electron chi connectivity index (χ3n) is 2.90. The number of hydrogen-bond acceptors (Lipinski definition) is 3. The maximum Gasteiger partial charge on any atom is 0.231 e. The summed E-state index contributed by atoms with van der Waals surface area (Å²) in [6.07, 6.45) is -0.660. The van der Waals surface area contributed by atoms with E-state index in [-0.39, 0.29) is 6.79 Å². The molecule has 0 amide bonds. The van der Waals surface area contributed by atoms with E-state index in [0.717, 1.165) is 21.3 Å². The van der Waals surface area contributed by atoms with Crippen molar-refractivity contribution in [1.82, 2.24) is 0 Å². The number of hydrogen-bond donors (Lipinski definition) is 1. The Morgan fingerprint density at radius 2 is 1.61 bits per heavy atom. The Hall–Kier alpha value is -1.52. The first kappa shape index (κ1) is 11.6. The Balaban J connectivity index is 1.92. The molecular formula is C14H11BrO3. The van der Waals surface area contributed by atoms with Crippen LogP contribution in [-0.2, 0) is 0 Å². The van der Waals surface area contributed by atoms with Crippen molar-refractivity contribution < 1.29 is 14.6 Å². The fourth-order valence-electron chi connectivity index (χ4n) is 1.92. The van der Waals surface area contributed by atoms with Gasteiger partial charge in [0.15, 0.2) is 11.5 Å². The third-order valence-corrected chi connectivity index (χ3v) is 3.43. The summed E-state index contributed by atoms with van der Waals surface area (Å²) in [7, 11) is 0. The fourth-order valence-corrected chi connectivity index (χ4v) is 2.19. The van der Waals surface area contributed by atoms with Gasteiger partial charge >= 0.3 is 0 Å². The molecule has 2 aromatic carbocycles. The summed E-state index contributed by atoms with van der Waals surface area (Å²) in [5.74, 6) is 1.41. The molecule has 0 saturated carbocycles. The van der Waals surface area contributed by atoms with E-state index in [1.807, 2.05) is 42.5 Å². The van der Waals surface area contributed by atoms with E-state index in [1.165, 1.54) is 0 Å². The van der Waals surface area contributed by atoms with Gasteiger partial charge < -0.3 is 14.6 Å². The van der Waals surface area contributed by atoms with E-state index >= 15 is 0 Å². The van der Waals surface area contributed by atoms with Crippen LogP contribution in [0.4, 0.5) is 0 Å². The first-order valence-corrected chi connectivity index (χ1v) is 6.36. The highest BCUT2D eigenvalue weighted by Crippen LogP contribution is 2.35. The van der Waals surface area contributed by atoms with E-state index < -0.39 is 6.10 Å². The molecule has 0 unspecified atom stereocenters. The van der Waals surface area contributed by atoms with Gasteiger partial charge in [-0.25, -0.2) is 0 Å². The molecule has 1 N–H and O–H groups in total. The van der Waals surface area contributed by atoms with Crippen molar-refractivity contribution in [3.05, 3.63) is 58.1 Å². The molecule has 0 aromatic heterocycles. The molecule has 0 saturated heterocycles. The normalized spacial score (nSPS) is 14.6. The molecule has 0 radical (unpaired) electrons. The minimum absolute atomic E-state index is 0.243. The van der Waals surface area contributed by atoms with Gasteiger partial charge in [0, 0.05) is 4.47 Å². The molecule has 0 bridgehead atoms. The summed E-state index contributed by atoms with van der Waals surface area (Å²) in [6, 6.07) is 13.1. The smallest absolute Gasteiger partial charge is 0.231 e. The van der Waals surface area contributed by atoms with Crippen LogP contribution in [0.15, 0.2) is 46.9 Å². The van der Waals surface area contributed by atoms with Crippen LogP contribution in [-0.4, -0.2) is 11.9 Å². The lowest BCUT2D eigenvalue weighted by molar-refractivity contribution is 0.173. The molecule has 1 aliphatic heterocycles. The van der Waals surface area contributed by atoms with Gasteiger partial charge in [0.1, 0.15) is 6.10 Å². The van der Waals surface area contributed by atoms with Gasteiger partial charge in [-0.1, -0.05) is 34.1 Å². The zero-order chi connectivity index (χ0) is 12.5. The van der Waals surface area contributed by atoms with Crippen molar-refractivity contribution in [1.29, 1.82) is 0 Å². The van der Waals surface area contributed by atoms with Gasteiger partial charge in [0.05, 0.1) is 0 Å². The Labute approximate surface area is 113 Å². The van der Waals surface area contributed by atoms with Crippen molar-refractivity contribution in [3.63, 3.8) is 0 Å². The van der Waals surface area contributed by atoms with Crippen LogP contribution in [0.2, 0.25) is 0 Å². The third kappa shape index (κ3) is 2.09. The Bertz CT molecular complexity index is 566. The van der Waals surface area contributed by atoms with Gasteiger partial charge in [-0.15, -0.1) is 0 Å². The monoisotopic (exact) mass is 306 g/mol. The van der Waals surface area contributed by atoms with E-state index in [0.29, 0.717) is 5.75 Å². The van der Waals surface area contributed by atoms with Crippen LogP contribution in [0.1, 0.15) is 17.2 Å². The average Bonchev–Trinajstić information content (AvgIpc) is 2.86. The number of halogens is 1. The SMILES string of the molecule is O[C@@H](c1ccc(Br)cc1)c1ccc2c(c1)OCO2. The summed E-state index contributed by atoms with van der Waals surface area (Å²) < 4.78 is 11.5. The minimum Gasteiger partial charge on any atom is -0.454 e. The van der Waals surface area contributed by atoms with E-state index in [4.69, 9.17) is 9.47 Å². The standard InChI is InChI=1S/C14H11BrO3/c15-11-4-1-9(2-5-11)14(16)10-3-6-12-13(7-10)18-8-17-12/h1-7,14,16H,8H2/t14-/m0/s1. The van der Waals surface area contributed by atoms with Gasteiger partial charge in [-0.3, -0.25) is 0 Å². The van der Waals surface area contributed by atoms with E-state index in [1.54, 1.807) is 0 Å². The predicted molar refractivity (Wildman–Crippen MR) is 70.8 cm³/mol. The second-order valence-electron chi connectivity index (χ2n) is 4.07. The Morgan fingerprint density at radius 3 is 2.39 bits per heavy atom. The molecule has 1 aliphatic rings. The predicted octanol–water partition coefficient (Wildman–Crippen LogP) is 3.26. The van der Waals surface area contributed by atoms with E-state index in [2.05, 4.69) is 15.9 Å². The maximum absolute atomic E-state index is 10.3. The number of benzene rings is 2. The number of aliphatic hydroxyl groups excluding tert-OH is 1. The molecular weight excluding hydrogens is 296 g/mol. The largest absolute Gasteiger partial charge is 0.454 e. The molecule has 18 heavy (non-hydrogen) atoms. The first-order valence-electron chi connectivity index (χ1n) is 5.57. The molecule has 3 nitrogen and oxygen atoms in total. The van der Waals surface area contributed by atoms with Crippen LogP contribution in [0.5, 0.6) is 11.5 Å². The highest BCUT2D eigenvalue weighted by atomic mass is 79.9. The average molecular weight is 307 g/mol. The van der Waals surface area contributed by atoms with Crippen LogP contribution >= 0.6 is 15.9 Å². The number of aliphatic hydroxyl groups is 1. The summed E-state index contributed by atoms with van der Waals surface area (Å²) >= 11 is 3.37. The first-order chi connectivity index (χ1) is 8.74. The van der Waals surface area contributed by atoms with Crippen molar-refractivity contribution in [2.24, 2.45) is 0 Å². The highest BCUT2D eigenvalue weighted by molar-refractivity contribution is 9.10.